The van der Waals surface area contributed by atoms with E-state index in [0.29, 0.717) is 38.8 Å². The molecule has 19 heteroatoms. The summed E-state index contributed by atoms with van der Waals surface area (Å²) < 4.78 is 30.6. The monoisotopic (exact) mass is 1390 g/mol. The van der Waals surface area contributed by atoms with Crippen LogP contribution in [0.1, 0.15) is 87.4 Å². The molecule has 8 aromatic rings. The fourth-order valence-corrected chi connectivity index (χ4v) is 17.9. The molecular weight excluding hydrogens is 1290 g/mol. The van der Waals surface area contributed by atoms with Crippen LogP contribution in [0.5, 0.6) is 0 Å². The zero-order valence-corrected chi connectivity index (χ0v) is 63.6. The third-order valence-electron chi connectivity index (χ3n) is 19.5. The van der Waals surface area contributed by atoms with Gasteiger partial charge in [-0.2, -0.15) is 19.2 Å². The lowest BCUT2D eigenvalue weighted by Crippen LogP contribution is -2.34. The van der Waals surface area contributed by atoms with Crippen LogP contribution in [0.25, 0.3) is 56.1 Å². The Kier molecular flexibility index (Phi) is 22.6. The van der Waals surface area contributed by atoms with Gasteiger partial charge in [-0.25, -0.2) is 9.97 Å². The zero-order chi connectivity index (χ0) is 65.5. The smallest absolute Gasteiger partial charge is 0.165 e. The highest BCUT2D eigenvalue weighted by Gasteiger charge is 2.39. The lowest BCUT2D eigenvalue weighted by Gasteiger charge is -2.31. The van der Waals surface area contributed by atoms with Crippen molar-refractivity contribution in [3.05, 3.63) is 132 Å². The molecule has 4 saturated carbocycles. The molecule has 6 atom stereocenters. The molecule has 4 bridgehead atoms. The van der Waals surface area contributed by atoms with Crippen molar-refractivity contribution in [2.45, 2.75) is 179 Å². The van der Waals surface area contributed by atoms with Crippen LogP contribution in [-0.4, -0.2) is 125 Å². The summed E-state index contributed by atoms with van der Waals surface area (Å²) in [6.45, 7) is 33.6. The maximum Gasteiger partial charge on any atom is 0.165 e. The third kappa shape index (κ3) is 18.7. The number of fused-ring (bicyclic) bond motifs is 6. The van der Waals surface area contributed by atoms with E-state index >= 15 is 0 Å². The standard InChI is InChI=1S/C37H52BrN5O2Si2.C37H53N5O2Si2/c1-46(2,3)18-16-44-25-42(26-45-17-19-47(4,5)6)37-34(38)35(31-21-27-12-13-28(20-27)22-31)41-36-32(24-40-43(36)37)30-14-15-33(39-23-30)29-10-8-7-9-11-29;1-45(2,3)18-16-43-26-41(27-44-17-19-46(4,5)6)36-23-35(32-21-28-12-13-29(20-28)22-32)40-37-33(25-39-42(36)37)31-14-15-34(38-24-31)30-10-8-7-9-11-30/h7-11,14-15,23-24,27-28,31H,12-13,16-22,25-26H2,1-6H3;7-11,14-15,23-25,28-29,32H,12-13,16-22,26-27H2,1-6H3/t27-,28+,31?;28-,29+,32?. The molecule has 0 N–H and O–H groups in total. The van der Waals surface area contributed by atoms with E-state index in [2.05, 4.69) is 171 Å². The van der Waals surface area contributed by atoms with E-state index in [9.17, 15) is 0 Å². The summed E-state index contributed by atoms with van der Waals surface area (Å²) in [4.78, 5) is 25.0. The molecule has 12 rings (SSSR count). The number of pyridine rings is 2. The van der Waals surface area contributed by atoms with Crippen LogP contribution in [-0.2, 0) is 18.9 Å². The predicted molar refractivity (Wildman–Crippen MR) is 397 cm³/mol. The molecule has 0 spiro atoms. The molecule has 93 heavy (non-hydrogen) atoms. The van der Waals surface area contributed by atoms with Gasteiger partial charge in [0, 0.05) is 128 Å². The number of ether oxygens (including phenoxy) is 4. The van der Waals surface area contributed by atoms with Crippen molar-refractivity contribution in [2.24, 2.45) is 23.7 Å². The second kappa shape index (κ2) is 30.5. The Morgan fingerprint density at radius 3 is 1.25 bits per heavy atom. The van der Waals surface area contributed by atoms with Crippen molar-refractivity contribution >= 4 is 71.2 Å². The second-order valence-corrected chi connectivity index (χ2v) is 55.5. The van der Waals surface area contributed by atoms with E-state index in [-0.39, 0.29) is 0 Å². The van der Waals surface area contributed by atoms with Crippen molar-refractivity contribution in [3.63, 3.8) is 0 Å². The third-order valence-corrected chi connectivity index (χ3v) is 27.1. The highest BCUT2D eigenvalue weighted by molar-refractivity contribution is 9.10. The first-order valence-corrected chi connectivity index (χ1v) is 50.4. The average molecular weight is 1390 g/mol. The molecule has 2 aromatic carbocycles. The van der Waals surface area contributed by atoms with Crippen molar-refractivity contribution in [1.29, 1.82) is 0 Å². The Morgan fingerprint density at radius 1 is 0.441 bits per heavy atom. The number of halogens is 1. The summed E-state index contributed by atoms with van der Waals surface area (Å²) in [5.41, 5.74) is 12.3. The topological polar surface area (TPSA) is 130 Å². The van der Waals surface area contributed by atoms with E-state index in [1.807, 2.05) is 58.1 Å². The number of anilines is 2. The maximum atomic E-state index is 6.40. The highest BCUT2D eigenvalue weighted by atomic mass is 79.9. The van der Waals surface area contributed by atoms with Gasteiger partial charge in [-0.1, -0.05) is 177 Å². The minimum Gasteiger partial charge on any atom is -0.361 e. The number of benzene rings is 2. The van der Waals surface area contributed by atoms with Crippen LogP contribution in [0.3, 0.4) is 0 Å². The van der Waals surface area contributed by atoms with Gasteiger partial charge in [0.15, 0.2) is 17.1 Å². The van der Waals surface area contributed by atoms with E-state index in [4.69, 9.17) is 49.1 Å². The minimum atomic E-state index is -1.23. The van der Waals surface area contributed by atoms with Crippen LogP contribution < -0.4 is 9.80 Å². The molecule has 6 aromatic heterocycles. The number of aromatic nitrogens is 8. The molecule has 4 aliphatic rings. The van der Waals surface area contributed by atoms with Crippen LogP contribution in [0.4, 0.5) is 11.6 Å². The van der Waals surface area contributed by atoms with E-state index in [1.54, 1.807) is 0 Å². The molecule has 498 valence electrons. The molecule has 4 aliphatic carbocycles. The fraction of sp³-hybridized carbons (Fsp3) is 0.541. The van der Waals surface area contributed by atoms with Gasteiger partial charge in [0.2, 0.25) is 0 Å². The molecule has 14 nitrogen and oxygen atoms in total. The summed E-state index contributed by atoms with van der Waals surface area (Å²) >= 11 is 4.11. The van der Waals surface area contributed by atoms with Gasteiger partial charge in [0.05, 0.1) is 33.9 Å². The summed E-state index contributed by atoms with van der Waals surface area (Å²) in [7, 11) is -4.87. The Hall–Kier alpha value is -5.23. The van der Waals surface area contributed by atoms with Gasteiger partial charge in [0.25, 0.3) is 0 Å². The van der Waals surface area contributed by atoms with E-state index < -0.39 is 32.3 Å². The first-order chi connectivity index (χ1) is 44.5. The van der Waals surface area contributed by atoms with Gasteiger partial charge in [-0.3, -0.25) is 9.97 Å². The Labute approximate surface area is 567 Å². The minimum absolute atomic E-state index is 0.420. The van der Waals surface area contributed by atoms with E-state index in [0.717, 1.165) is 152 Å². The van der Waals surface area contributed by atoms with Gasteiger partial charge < -0.3 is 28.7 Å². The van der Waals surface area contributed by atoms with Gasteiger partial charge in [-0.15, -0.1) is 0 Å². The number of nitrogens with zero attached hydrogens (tertiary/aromatic N) is 10. The highest BCUT2D eigenvalue weighted by Crippen LogP contribution is 2.51. The lowest BCUT2D eigenvalue weighted by molar-refractivity contribution is 0.0939. The Bertz CT molecular complexity index is 3630. The summed E-state index contributed by atoms with van der Waals surface area (Å²) in [5.74, 6) is 6.12. The van der Waals surface area contributed by atoms with Crippen LogP contribution in [0.15, 0.2) is 120 Å². The SMILES string of the molecule is C[Si](C)(C)CCOCN(COCC[Si](C)(C)C)c1c(Br)c(C2C[C@H]3CC[C@@H](C2)C3)nc2c(-c3ccc(-c4ccccc4)nc3)cnn12.C[Si](C)(C)CCOCN(COCC[Si](C)(C)C)c1cc(C2C[C@H]3CC[C@@H](C2)C3)nc2c(-c3ccc(-c4ccccc4)nc3)cnn12. The fourth-order valence-electron chi connectivity index (χ4n) is 14.0. The van der Waals surface area contributed by atoms with Crippen LogP contribution >= 0.6 is 15.9 Å². The summed E-state index contributed by atoms with van der Waals surface area (Å²) in [5, 5.41) is 9.93. The average Bonchev–Trinajstić information content (AvgIpc) is 1.68. The van der Waals surface area contributed by atoms with Crippen LogP contribution in [0.2, 0.25) is 103 Å². The molecule has 4 fully saturated rings. The normalized spacial score (nSPS) is 19.9. The van der Waals surface area contributed by atoms with E-state index in [1.165, 1.54) is 69.9 Å². The molecule has 6 heterocycles. The van der Waals surface area contributed by atoms with Crippen molar-refractivity contribution < 1.29 is 18.9 Å². The molecular formula is C74H105BrN10O4Si4. The molecule has 0 radical (unpaired) electrons. The van der Waals surface area contributed by atoms with Gasteiger partial charge in [-0.05, 0) is 114 Å². The second-order valence-electron chi connectivity index (χ2n) is 32.3. The lowest BCUT2D eigenvalue weighted by atomic mass is 9.79. The Morgan fingerprint density at radius 2 is 0.839 bits per heavy atom. The first kappa shape index (κ1) is 69.1. The maximum absolute atomic E-state index is 6.40. The van der Waals surface area contributed by atoms with Gasteiger partial charge >= 0.3 is 0 Å². The summed E-state index contributed by atoms with van der Waals surface area (Å²) in [6, 6.07) is 36.0. The largest absolute Gasteiger partial charge is 0.361 e. The summed E-state index contributed by atoms with van der Waals surface area (Å²) in [6.07, 6.45) is 20.9. The predicted octanol–water partition coefficient (Wildman–Crippen LogP) is 19.1. The Balaban J connectivity index is 0.000000190. The molecule has 0 aliphatic heterocycles. The van der Waals surface area contributed by atoms with Crippen molar-refractivity contribution in [2.75, 3.05) is 63.2 Å². The van der Waals surface area contributed by atoms with Crippen molar-refractivity contribution in [3.8, 4) is 44.8 Å². The van der Waals surface area contributed by atoms with Crippen molar-refractivity contribution in [1.82, 2.24) is 39.2 Å². The van der Waals surface area contributed by atoms with Gasteiger partial charge in [0.1, 0.15) is 32.7 Å². The zero-order valence-electron chi connectivity index (χ0n) is 58.0. The molecule has 2 unspecified atom stereocenters. The first-order valence-electron chi connectivity index (χ1n) is 34.8. The molecule has 0 amide bonds. The number of hydrogen-bond acceptors (Lipinski definition) is 12. The molecule has 0 saturated heterocycles. The quantitative estimate of drug-likeness (QED) is 0.0263. The number of rotatable bonds is 28. The van der Waals surface area contributed by atoms with Crippen LogP contribution in [0, 0.1) is 23.7 Å². The number of hydrogen-bond donors (Lipinski definition) is 0.